The SMILES string of the molecule is CC(C)(O)O.COc1ccc(COCn2c(=O)ccn(C3CCC(C(OC4CCC=C(C(=O)NC5CCCC(C)NC5=O)O4)C(N)=O)O3)c2=O)cc1. The number of aromatic nitrogens is 2. The first-order chi connectivity index (χ1) is 24.6. The third-order valence-corrected chi connectivity index (χ3v) is 8.36. The zero-order valence-corrected chi connectivity index (χ0v) is 29.8. The van der Waals surface area contributed by atoms with Gasteiger partial charge in [0, 0.05) is 24.7 Å². The standard InChI is InChI=1S/C32H41N5O10.C3H8O2/c1-19-5-3-6-22(30(40)34-19)35-31(41)24-7-4-8-27(46-24)47-28(29(33)39)23-13-14-26(45-23)36-16-15-25(38)37(32(36)42)18-44-17-20-9-11-21(43-2)12-10-20;1-3(2,4)5/h7,9-12,15-16,19,22-23,26-28H,3-6,8,13-14,17-18H2,1-2H3,(H2,33,39)(H,34,40)(H,35,41);4-5H,1-2H3. The Morgan fingerprint density at radius 1 is 1.08 bits per heavy atom. The molecule has 6 unspecified atom stereocenters. The van der Waals surface area contributed by atoms with E-state index in [1.165, 1.54) is 30.7 Å². The van der Waals surface area contributed by atoms with Crippen LogP contribution in [-0.2, 0) is 46.7 Å². The van der Waals surface area contributed by atoms with E-state index in [1.807, 2.05) is 19.1 Å². The molecule has 3 amide bonds. The molecule has 286 valence electrons. The first kappa shape index (κ1) is 40.2. The van der Waals surface area contributed by atoms with Crippen molar-refractivity contribution < 1.29 is 48.3 Å². The number of nitrogens with one attached hydrogen (secondary N) is 2. The summed E-state index contributed by atoms with van der Waals surface area (Å²) in [7, 11) is 1.57. The molecule has 3 aliphatic rings. The highest BCUT2D eigenvalue weighted by Crippen LogP contribution is 2.31. The predicted molar refractivity (Wildman–Crippen MR) is 184 cm³/mol. The number of benzene rings is 1. The Kier molecular flexibility index (Phi) is 14.1. The summed E-state index contributed by atoms with van der Waals surface area (Å²) in [5.41, 5.74) is 5.36. The minimum atomic E-state index is -1.50. The van der Waals surface area contributed by atoms with Gasteiger partial charge in [0.15, 0.2) is 17.7 Å². The van der Waals surface area contributed by atoms with Crippen LogP contribution >= 0.6 is 0 Å². The normalized spacial score (nSPS) is 23.8. The Labute approximate surface area is 300 Å². The van der Waals surface area contributed by atoms with Crippen molar-refractivity contribution in [2.75, 3.05) is 7.11 Å². The molecule has 0 spiro atoms. The summed E-state index contributed by atoms with van der Waals surface area (Å²) in [6.45, 7) is 4.41. The van der Waals surface area contributed by atoms with Gasteiger partial charge in [-0.15, -0.1) is 0 Å². The van der Waals surface area contributed by atoms with Crippen LogP contribution in [0.5, 0.6) is 5.75 Å². The lowest BCUT2D eigenvalue weighted by atomic mass is 10.1. The van der Waals surface area contributed by atoms with Gasteiger partial charge in [-0.1, -0.05) is 12.1 Å². The Balaban J connectivity index is 0.00000113. The van der Waals surface area contributed by atoms with Crippen molar-refractivity contribution in [3.63, 3.8) is 0 Å². The number of carbonyl (C=O) groups excluding carboxylic acids is 3. The topological polar surface area (TPSA) is 232 Å². The highest BCUT2D eigenvalue weighted by Gasteiger charge is 2.39. The smallest absolute Gasteiger partial charge is 0.335 e. The lowest BCUT2D eigenvalue weighted by molar-refractivity contribution is -0.195. The van der Waals surface area contributed by atoms with Crippen LogP contribution in [0.25, 0.3) is 0 Å². The number of methoxy groups -OCH3 is 1. The fourth-order valence-electron chi connectivity index (χ4n) is 5.80. The number of hydrogen-bond acceptors (Lipinski definition) is 12. The van der Waals surface area contributed by atoms with Crippen LogP contribution in [-0.4, -0.2) is 80.5 Å². The van der Waals surface area contributed by atoms with Gasteiger partial charge in [0.2, 0.25) is 18.1 Å². The number of ether oxygens (including phenoxy) is 5. The fraction of sp³-hybridized carbons (Fsp3) is 0.571. The second kappa shape index (κ2) is 18.3. The summed E-state index contributed by atoms with van der Waals surface area (Å²) in [5, 5.41) is 21.7. The third kappa shape index (κ3) is 11.7. The lowest BCUT2D eigenvalue weighted by Gasteiger charge is -2.30. The highest BCUT2D eigenvalue weighted by molar-refractivity contribution is 5.95. The summed E-state index contributed by atoms with van der Waals surface area (Å²) < 4.78 is 30.8. The van der Waals surface area contributed by atoms with Crippen LogP contribution in [0, 0.1) is 0 Å². The number of primary amides is 1. The summed E-state index contributed by atoms with van der Waals surface area (Å²) in [4.78, 5) is 63.7. The number of rotatable bonds is 12. The van der Waals surface area contributed by atoms with Crippen molar-refractivity contribution >= 4 is 17.7 Å². The van der Waals surface area contributed by atoms with Crippen molar-refractivity contribution in [2.24, 2.45) is 5.73 Å². The predicted octanol–water partition coefficient (Wildman–Crippen LogP) is 0.642. The second-order valence-corrected chi connectivity index (χ2v) is 13.3. The van der Waals surface area contributed by atoms with E-state index in [9.17, 15) is 24.0 Å². The highest BCUT2D eigenvalue weighted by atomic mass is 16.7. The molecular formula is C35H49N5O12. The molecule has 0 radical (unpaired) electrons. The van der Waals surface area contributed by atoms with Gasteiger partial charge >= 0.3 is 5.69 Å². The van der Waals surface area contributed by atoms with E-state index < -0.39 is 59.6 Å². The number of nitrogens with zero attached hydrogens (tertiary/aromatic N) is 2. The second-order valence-electron chi connectivity index (χ2n) is 13.3. The van der Waals surface area contributed by atoms with Crippen LogP contribution in [0.15, 0.2) is 58.0 Å². The van der Waals surface area contributed by atoms with Gasteiger partial charge in [0.05, 0.1) is 19.8 Å². The van der Waals surface area contributed by atoms with Gasteiger partial charge in [-0.05, 0) is 83.1 Å². The number of carbonyl (C=O) groups is 3. The Bertz CT molecular complexity index is 1680. The average molecular weight is 732 g/mol. The maximum atomic E-state index is 13.3. The van der Waals surface area contributed by atoms with Gasteiger partial charge in [-0.25, -0.2) is 9.36 Å². The molecule has 5 rings (SSSR count). The van der Waals surface area contributed by atoms with Gasteiger partial charge < -0.3 is 50.3 Å². The summed E-state index contributed by atoms with van der Waals surface area (Å²) >= 11 is 0. The quantitative estimate of drug-likeness (QED) is 0.189. The number of amides is 3. The van der Waals surface area contributed by atoms with Crippen LogP contribution in [0.3, 0.4) is 0 Å². The zero-order chi connectivity index (χ0) is 38.0. The minimum absolute atomic E-state index is 0.0113. The Hall–Kier alpha value is -4.55. The molecule has 3 aliphatic heterocycles. The largest absolute Gasteiger partial charge is 0.497 e. The van der Waals surface area contributed by atoms with Gasteiger partial charge in [0.1, 0.15) is 24.8 Å². The van der Waals surface area contributed by atoms with E-state index >= 15 is 0 Å². The zero-order valence-electron chi connectivity index (χ0n) is 29.8. The Morgan fingerprint density at radius 2 is 1.79 bits per heavy atom. The molecule has 2 saturated heterocycles. The molecule has 4 heterocycles. The molecule has 52 heavy (non-hydrogen) atoms. The van der Waals surface area contributed by atoms with Crippen molar-refractivity contribution in [2.45, 2.75) is 122 Å². The Morgan fingerprint density at radius 3 is 2.46 bits per heavy atom. The van der Waals surface area contributed by atoms with Crippen molar-refractivity contribution in [1.29, 1.82) is 0 Å². The number of aliphatic hydroxyl groups is 2. The van der Waals surface area contributed by atoms with Crippen molar-refractivity contribution in [1.82, 2.24) is 19.8 Å². The molecular weight excluding hydrogens is 682 g/mol. The molecule has 2 fully saturated rings. The molecule has 6 N–H and O–H groups in total. The molecule has 0 aliphatic carbocycles. The van der Waals surface area contributed by atoms with Crippen LogP contribution in [0.2, 0.25) is 0 Å². The van der Waals surface area contributed by atoms with E-state index in [2.05, 4.69) is 10.6 Å². The molecule has 17 heteroatoms. The molecule has 1 aromatic carbocycles. The molecule has 17 nitrogen and oxygen atoms in total. The van der Waals surface area contributed by atoms with E-state index in [1.54, 1.807) is 25.3 Å². The van der Waals surface area contributed by atoms with Crippen molar-refractivity contribution in [3.05, 3.63) is 74.8 Å². The number of allylic oxidation sites excluding steroid dienone is 1. The summed E-state index contributed by atoms with van der Waals surface area (Å²) in [6, 6.07) is 7.79. The molecule has 0 bridgehead atoms. The summed E-state index contributed by atoms with van der Waals surface area (Å²) in [6.07, 6.45) is 2.67. The van der Waals surface area contributed by atoms with Crippen LogP contribution in [0.1, 0.15) is 77.5 Å². The number of hydrogen-bond donors (Lipinski definition) is 5. The molecule has 0 saturated carbocycles. The minimum Gasteiger partial charge on any atom is -0.497 e. The van der Waals surface area contributed by atoms with Crippen LogP contribution in [0.4, 0.5) is 0 Å². The van der Waals surface area contributed by atoms with E-state index in [0.29, 0.717) is 37.9 Å². The fourth-order valence-corrected chi connectivity index (χ4v) is 5.80. The van der Waals surface area contributed by atoms with Crippen LogP contribution < -0.4 is 32.4 Å². The third-order valence-electron chi connectivity index (χ3n) is 8.36. The van der Waals surface area contributed by atoms with Gasteiger partial charge in [-0.3, -0.25) is 23.7 Å². The maximum absolute atomic E-state index is 13.3. The molecule has 6 atom stereocenters. The van der Waals surface area contributed by atoms with Gasteiger partial charge in [0.25, 0.3) is 11.5 Å². The van der Waals surface area contributed by atoms with E-state index in [-0.39, 0.29) is 31.0 Å². The first-order valence-corrected chi connectivity index (χ1v) is 17.2. The summed E-state index contributed by atoms with van der Waals surface area (Å²) in [5.74, 6) is -2.41. The van der Waals surface area contributed by atoms with E-state index in [0.717, 1.165) is 23.0 Å². The van der Waals surface area contributed by atoms with Crippen molar-refractivity contribution in [3.8, 4) is 5.75 Å². The van der Waals surface area contributed by atoms with Gasteiger partial charge in [-0.2, -0.15) is 0 Å². The molecule has 2 aromatic rings. The number of nitrogens with two attached hydrogens (primary N) is 1. The average Bonchev–Trinajstić information content (AvgIpc) is 3.50. The lowest BCUT2D eigenvalue weighted by Crippen LogP contribution is -2.48. The molecule has 1 aromatic heterocycles. The first-order valence-electron chi connectivity index (χ1n) is 17.2. The van der Waals surface area contributed by atoms with E-state index in [4.69, 9.17) is 39.6 Å². The maximum Gasteiger partial charge on any atom is 0.335 e. The monoisotopic (exact) mass is 731 g/mol.